The number of hydrogen-bond donors (Lipinski definition) is 3. The number of ether oxygens (including phenoxy) is 1. The van der Waals surface area contributed by atoms with E-state index in [2.05, 4.69) is 25.3 Å². The first-order valence-electron chi connectivity index (χ1n) is 11.5. The van der Waals surface area contributed by atoms with Gasteiger partial charge in [-0.3, -0.25) is 15.1 Å². The van der Waals surface area contributed by atoms with E-state index in [0.29, 0.717) is 32.5 Å². The minimum absolute atomic E-state index is 0.0248. The van der Waals surface area contributed by atoms with Gasteiger partial charge in [-0.15, -0.1) is 11.3 Å². The number of carbonyl (C=O) groups excluding carboxylic acids is 2. The van der Waals surface area contributed by atoms with Crippen LogP contribution >= 0.6 is 11.3 Å². The van der Waals surface area contributed by atoms with Gasteiger partial charge in [-0.1, -0.05) is 6.07 Å². The molecule has 10 nitrogen and oxygen atoms in total. The average molecular weight is 546 g/mol. The fraction of sp³-hybridized carbons (Fsp3) is 0.360. The van der Waals surface area contributed by atoms with Gasteiger partial charge in [0.25, 0.3) is 0 Å². The molecule has 12 heteroatoms. The van der Waals surface area contributed by atoms with E-state index < -0.39 is 21.7 Å². The molecule has 3 rings (SSSR count). The number of thiazole rings is 1. The van der Waals surface area contributed by atoms with E-state index in [-0.39, 0.29) is 16.9 Å². The van der Waals surface area contributed by atoms with E-state index in [1.165, 1.54) is 30.5 Å². The van der Waals surface area contributed by atoms with E-state index in [4.69, 9.17) is 4.74 Å². The molecule has 198 valence electrons. The van der Waals surface area contributed by atoms with Crippen molar-refractivity contribution in [2.24, 2.45) is 0 Å². The minimum atomic E-state index is -3.93. The summed E-state index contributed by atoms with van der Waals surface area (Å²) in [5.41, 5.74) is 1.96. The second-order valence-electron chi connectivity index (χ2n) is 9.75. The highest BCUT2D eigenvalue weighted by atomic mass is 32.2. The summed E-state index contributed by atoms with van der Waals surface area (Å²) in [4.78, 5) is 33.0. The molecular formula is C25H31N5O5S2. The van der Waals surface area contributed by atoms with Gasteiger partial charge in [0, 0.05) is 29.9 Å². The second kappa shape index (κ2) is 11.0. The number of nitrogens with one attached hydrogen (secondary N) is 3. The summed E-state index contributed by atoms with van der Waals surface area (Å²) in [6.45, 7) is 12.0. The third kappa shape index (κ3) is 7.57. The molecule has 0 spiro atoms. The Morgan fingerprint density at radius 3 is 2.32 bits per heavy atom. The third-order valence-electron chi connectivity index (χ3n) is 4.67. The number of benzene rings is 1. The number of aromatic nitrogens is 2. The van der Waals surface area contributed by atoms with Crippen LogP contribution < -0.4 is 15.4 Å². The van der Waals surface area contributed by atoms with Gasteiger partial charge in [0.2, 0.25) is 15.9 Å². The van der Waals surface area contributed by atoms with Crippen LogP contribution in [0.4, 0.5) is 16.2 Å². The molecule has 3 aromatic rings. The summed E-state index contributed by atoms with van der Waals surface area (Å²) >= 11 is 1.28. The lowest BCUT2D eigenvalue weighted by atomic mass is 10.1. The molecule has 2 aromatic heterocycles. The number of aryl methyl sites for hydroxylation is 1. The molecule has 0 radical (unpaired) electrons. The largest absolute Gasteiger partial charge is 0.447 e. The highest BCUT2D eigenvalue weighted by molar-refractivity contribution is 7.89. The average Bonchev–Trinajstić information content (AvgIpc) is 3.20. The van der Waals surface area contributed by atoms with Gasteiger partial charge in [0.15, 0.2) is 0 Å². The molecule has 0 unspecified atom stereocenters. The van der Waals surface area contributed by atoms with Crippen molar-refractivity contribution in [2.75, 3.05) is 10.6 Å². The van der Waals surface area contributed by atoms with Crippen LogP contribution in [0.3, 0.4) is 0 Å². The quantitative estimate of drug-likeness (QED) is 0.372. The summed E-state index contributed by atoms with van der Waals surface area (Å²) in [5.74, 6) is -0.308. The van der Waals surface area contributed by atoms with Crippen LogP contribution in [0.25, 0.3) is 21.1 Å². The lowest BCUT2D eigenvalue weighted by Crippen LogP contribution is -2.40. The third-order valence-corrected chi connectivity index (χ3v) is 7.51. The molecule has 1 aromatic carbocycles. The number of rotatable bonds is 7. The number of nitrogens with zero attached hydrogens (tertiary/aromatic N) is 2. The minimum Gasteiger partial charge on any atom is -0.447 e. The van der Waals surface area contributed by atoms with Gasteiger partial charge in [0.05, 0.1) is 27.8 Å². The molecule has 0 saturated heterocycles. The van der Waals surface area contributed by atoms with Gasteiger partial charge < -0.3 is 10.1 Å². The van der Waals surface area contributed by atoms with E-state index in [1.54, 1.807) is 59.0 Å². The Bertz CT molecular complexity index is 1430. The van der Waals surface area contributed by atoms with Gasteiger partial charge in [-0.05, 0) is 65.3 Å². The summed E-state index contributed by atoms with van der Waals surface area (Å²) in [7, 11) is -3.93. The Labute approximate surface area is 220 Å². The van der Waals surface area contributed by atoms with E-state index >= 15 is 0 Å². The molecule has 0 aliphatic carbocycles. The summed E-state index contributed by atoms with van der Waals surface area (Å²) in [6.07, 6.45) is 2.29. The summed E-state index contributed by atoms with van der Waals surface area (Å²) in [5, 5.41) is 5.86. The molecule has 37 heavy (non-hydrogen) atoms. The van der Waals surface area contributed by atoms with Crippen LogP contribution in [0, 0.1) is 6.92 Å². The molecule has 0 fully saturated rings. The number of anilines is 2. The Kier molecular flexibility index (Phi) is 8.35. The predicted octanol–water partition coefficient (Wildman–Crippen LogP) is 5.17. The van der Waals surface area contributed by atoms with Gasteiger partial charge in [0.1, 0.15) is 10.7 Å². The normalized spacial score (nSPS) is 11.9. The molecule has 3 N–H and O–H groups in total. The van der Waals surface area contributed by atoms with Gasteiger partial charge in [-0.2, -0.15) is 0 Å². The van der Waals surface area contributed by atoms with Gasteiger partial charge >= 0.3 is 6.09 Å². The predicted molar refractivity (Wildman–Crippen MR) is 145 cm³/mol. The van der Waals surface area contributed by atoms with Crippen molar-refractivity contribution >= 4 is 44.7 Å². The second-order valence-corrected chi connectivity index (χ2v) is 12.4. The lowest BCUT2D eigenvalue weighted by molar-refractivity contribution is -0.114. The fourth-order valence-electron chi connectivity index (χ4n) is 3.42. The highest BCUT2D eigenvalue weighted by Crippen LogP contribution is 2.37. The molecular weight excluding hydrogens is 514 g/mol. The first-order chi connectivity index (χ1) is 17.1. The van der Waals surface area contributed by atoms with Crippen LogP contribution in [-0.4, -0.2) is 42.0 Å². The Hall–Kier alpha value is -3.35. The Balaban J connectivity index is 1.99. The van der Waals surface area contributed by atoms with Gasteiger partial charge in [-0.25, -0.2) is 22.9 Å². The lowest BCUT2D eigenvalue weighted by Gasteiger charge is -2.22. The zero-order valence-corrected chi connectivity index (χ0v) is 23.4. The fourth-order valence-corrected chi connectivity index (χ4v) is 6.17. The number of sulfonamides is 1. The first kappa shape index (κ1) is 28.2. The van der Waals surface area contributed by atoms with Crippen molar-refractivity contribution in [3.63, 3.8) is 0 Å². The summed E-state index contributed by atoms with van der Waals surface area (Å²) in [6, 6.07) is 6.49. The molecule has 0 aliphatic rings. The number of hydrogen-bond acceptors (Lipinski definition) is 8. The molecule has 2 amide bonds. The van der Waals surface area contributed by atoms with Crippen molar-refractivity contribution in [1.29, 1.82) is 0 Å². The first-order valence-corrected chi connectivity index (χ1v) is 13.8. The van der Waals surface area contributed by atoms with Crippen LogP contribution in [-0.2, 0) is 19.6 Å². The van der Waals surface area contributed by atoms with Crippen molar-refractivity contribution in [3.05, 3.63) is 42.2 Å². The van der Waals surface area contributed by atoms with Crippen molar-refractivity contribution in [3.8, 4) is 21.1 Å². The molecule has 0 bridgehead atoms. The van der Waals surface area contributed by atoms with Crippen molar-refractivity contribution < 1.29 is 22.7 Å². The monoisotopic (exact) mass is 545 g/mol. The standard InChI is InChI=1S/C25H31N5O5S2/c1-14(2)35-24(32)29-18-10-15(3)22(26-12-18)23-27-13-20(36-23)19-9-8-17(28-16(4)31)11-21(19)37(33,34)30-25(5,6)7/h8-14,30H,1-7H3,(H,28,31)(H,29,32). The van der Waals surface area contributed by atoms with Crippen LogP contribution in [0.5, 0.6) is 0 Å². The molecule has 0 atom stereocenters. The summed E-state index contributed by atoms with van der Waals surface area (Å²) < 4.78 is 34.4. The molecule has 2 heterocycles. The number of amides is 2. The number of carbonyl (C=O) groups is 2. The molecule has 0 saturated carbocycles. The maximum Gasteiger partial charge on any atom is 0.411 e. The Morgan fingerprint density at radius 2 is 1.73 bits per heavy atom. The highest BCUT2D eigenvalue weighted by Gasteiger charge is 2.26. The van der Waals surface area contributed by atoms with E-state index in [9.17, 15) is 18.0 Å². The topological polar surface area (TPSA) is 139 Å². The zero-order valence-electron chi connectivity index (χ0n) is 21.8. The number of pyridine rings is 1. The SMILES string of the molecule is CC(=O)Nc1ccc(-c2cnc(-c3ncc(NC(=O)OC(C)C)cc3C)s2)c(S(=O)(=O)NC(C)(C)C)c1. The van der Waals surface area contributed by atoms with Crippen LogP contribution in [0.2, 0.25) is 0 Å². The van der Waals surface area contributed by atoms with Crippen LogP contribution in [0.1, 0.15) is 47.1 Å². The molecule has 0 aliphatic heterocycles. The maximum absolute atomic E-state index is 13.3. The van der Waals surface area contributed by atoms with E-state index in [1.807, 2.05) is 6.92 Å². The smallest absolute Gasteiger partial charge is 0.411 e. The van der Waals surface area contributed by atoms with Crippen LogP contribution in [0.15, 0.2) is 41.6 Å². The van der Waals surface area contributed by atoms with Crippen molar-refractivity contribution in [2.45, 2.75) is 65.0 Å². The maximum atomic E-state index is 13.3. The van der Waals surface area contributed by atoms with Crippen molar-refractivity contribution in [1.82, 2.24) is 14.7 Å². The van der Waals surface area contributed by atoms with E-state index in [0.717, 1.165) is 5.56 Å². The Morgan fingerprint density at radius 1 is 1.03 bits per heavy atom. The zero-order chi connectivity index (χ0) is 27.5.